The maximum Gasteiger partial charge on any atom is 0.326 e. The predicted octanol–water partition coefficient (Wildman–Crippen LogP) is 7.28. The highest BCUT2D eigenvalue weighted by atomic mass is 35.5. The molecule has 0 bridgehead atoms. The maximum absolute atomic E-state index is 14.3. The van der Waals surface area contributed by atoms with Crippen LogP contribution < -0.4 is 10.2 Å². The van der Waals surface area contributed by atoms with E-state index in [0.29, 0.717) is 12.2 Å². The maximum atomic E-state index is 14.3. The van der Waals surface area contributed by atoms with Gasteiger partial charge in [0.05, 0.1) is 0 Å². The molecule has 1 spiro atoms. The minimum Gasteiger partial charge on any atom is -0.307 e. The molecule has 3 heterocycles. The number of likely N-dealkylation sites (tertiary alicyclic amines) is 1. The summed E-state index contributed by atoms with van der Waals surface area (Å²) in [7, 11) is 0. The molecule has 1 fully saturated rings. The number of carbonyl (C=O) groups excluding carboxylic acids is 1. The molecule has 5 nitrogen and oxygen atoms in total. The summed E-state index contributed by atoms with van der Waals surface area (Å²) in [4.78, 5) is 21.2. The number of hydrogen-bond donors (Lipinski definition) is 1. The molecule has 1 N–H and O–H groups in total. The van der Waals surface area contributed by atoms with Crippen LogP contribution in [0.25, 0.3) is 6.08 Å². The van der Waals surface area contributed by atoms with Crippen LogP contribution in [-0.2, 0) is 5.41 Å². The number of fused-ring (bicyclic) bond motifs is 2. The predicted molar refractivity (Wildman–Crippen MR) is 145 cm³/mol. The minimum atomic E-state index is -0.314. The monoisotopic (exact) mass is 544 g/mol. The third kappa shape index (κ3) is 5.37. The van der Waals surface area contributed by atoms with Gasteiger partial charge in [0.2, 0.25) is 0 Å². The Morgan fingerprint density at radius 2 is 1.72 bits per heavy atom. The molecule has 0 aliphatic carbocycles. The molecular formula is C27H24Cl3FN4O. The third-order valence-corrected chi connectivity index (χ3v) is 7.54. The number of piperidine rings is 1. The van der Waals surface area contributed by atoms with Crippen LogP contribution in [0.2, 0.25) is 15.3 Å². The molecule has 2 aliphatic rings. The van der Waals surface area contributed by atoms with E-state index in [1.807, 2.05) is 24.3 Å². The number of nitrogens with zero attached hydrogens (tertiary/aromatic N) is 3. The van der Waals surface area contributed by atoms with Crippen LogP contribution in [0.4, 0.5) is 20.6 Å². The van der Waals surface area contributed by atoms with E-state index in [-0.39, 0.29) is 27.6 Å². The topological polar surface area (TPSA) is 48.5 Å². The quantitative estimate of drug-likeness (QED) is 0.351. The fourth-order valence-electron chi connectivity index (χ4n) is 5.05. The number of pyridine rings is 1. The Hall–Kier alpha value is -2.64. The highest BCUT2D eigenvalue weighted by Crippen LogP contribution is 2.47. The molecule has 0 atom stereocenters. The Morgan fingerprint density at radius 1 is 1.03 bits per heavy atom. The van der Waals surface area contributed by atoms with Crippen molar-refractivity contribution in [2.24, 2.45) is 0 Å². The highest BCUT2D eigenvalue weighted by molar-refractivity contribution is 6.33. The van der Waals surface area contributed by atoms with Gasteiger partial charge in [-0.1, -0.05) is 59.1 Å². The van der Waals surface area contributed by atoms with Gasteiger partial charge in [-0.2, -0.15) is 0 Å². The van der Waals surface area contributed by atoms with Crippen molar-refractivity contribution in [2.75, 3.05) is 36.4 Å². The number of halogens is 4. The zero-order chi connectivity index (χ0) is 25.3. The summed E-state index contributed by atoms with van der Waals surface area (Å²) in [5, 5.41) is 3.96. The van der Waals surface area contributed by atoms with Gasteiger partial charge < -0.3 is 5.32 Å². The van der Waals surface area contributed by atoms with Crippen LogP contribution in [0.3, 0.4) is 0 Å². The lowest BCUT2D eigenvalue weighted by Gasteiger charge is -2.39. The lowest BCUT2D eigenvalue weighted by molar-refractivity contribution is 0.180. The Morgan fingerprint density at radius 3 is 2.42 bits per heavy atom. The molecule has 2 aliphatic heterocycles. The molecular weight excluding hydrogens is 522 g/mol. The van der Waals surface area contributed by atoms with Gasteiger partial charge in [0.15, 0.2) is 0 Å². The summed E-state index contributed by atoms with van der Waals surface area (Å²) in [5.74, 6) is -0.295. The van der Waals surface area contributed by atoms with Crippen molar-refractivity contribution in [2.45, 2.75) is 18.3 Å². The molecule has 0 radical (unpaired) electrons. The average molecular weight is 546 g/mol. The molecule has 1 saturated heterocycles. The zero-order valence-electron chi connectivity index (χ0n) is 19.4. The van der Waals surface area contributed by atoms with Gasteiger partial charge >= 0.3 is 6.03 Å². The van der Waals surface area contributed by atoms with E-state index in [4.69, 9.17) is 34.8 Å². The third-order valence-electron chi connectivity index (χ3n) is 6.90. The first kappa shape index (κ1) is 25.0. The van der Waals surface area contributed by atoms with Crippen molar-refractivity contribution in [3.63, 3.8) is 0 Å². The van der Waals surface area contributed by atoms with Crippen LogP contribution in [0.5, 0.6) is 0 Å². The van der Waals surface area contributed by atoms with Crippen LogP contribution in [0, 0.1) is 5.82 Å². The van der Waals surface area contributed by atoms with Crippen LogP contribution in [-0.4, -0.2) is 42.1 Å². The van der Waals surface area contributed by atoms with Gasteiger partial charge in [-0.25, -0.2) is 14.2 Å². The van der Waals surface area contributed by atoms with Gasteiger partial charge in [-0.3, -0.25) is 9.80 Å². The second kappa shape index (κ2) is 10.4. The van der Waals surface area contributed by atoms with Crippen LogP contribution in [0.15, 0.2) is 60.7 Å². The number of carbonyl (C=O) groups is 1. The van der Waals surface area contributed by atoms with Crippen molar-refractivity contribution in [3.05, 3.63) is 92.9 Å². The SMILES string of the molecule is O=C(Nc1cc(Cl)nc(Cl)c1)N1CC2(CCN(C/C=C/c3ccc(Cl)cc3)CC2)c2cc(F)ccc21. The normalized spacial score (nSPS) is 17.1. The Labute approximate surface area is 224 Å². The van der Waals surface area contributed by atoms with E-state index in [9.17, 15) is 9.18 Å². The van der Waals surface area contributed by atoms with Gasteiger partial charge in [-0.15, -0.1) is 0 Å². The molecule has 9 heteroatoms. The Kier molecular flexibility index (Phi) is 7.22. The molecule has 1 aromatic heterocycles. The molecule has 186 valence electrons. The van der Waals surface area contributed by atoms with Gasteiger partial charge in [0, 0.05) is 34.9 Å². The van der Waals surface area contributed by atoms with E-state index < -0.39 is 0 Å². The first-order valence-corrected chi connectivity index (χ1v) is 12.8. The van der Waals surface area contributed by atoms with Crippen molar-refractivity contribution >= 4 is 58.3 Å². The highest BCUT2D eigenvalue weighted by Gasteiger charge is 2.46. The smallest absolute Gasteiger partial charge is 0.307 e. The first-order valence-electron chi connectivity index (χ1n) is 11.7. The molecule has 2 aromatic carbocycles. The summed E-state index contributed by atoms with van der Waals surface area (Å²) in [6.45, 7) is 3.01. The van der Waals surface area contributed by atoms with E-state index in [2.05, 4.69) is 27.4 Å². The van der Waals surface area contributed by atoms with Gasteiger partial charge in [0.25, 0.3) is 0 Å². The average Bonchev–Trinajstić information content (AvgIpc) is 3.14. The van der Waals surface area contributed by atoms with Crippen molar-refractivity contribution in [1.29, 1.82) is 0 Å². The Bertz CT molecular complexity index is 1290. The Balaban J connectivity index is 1.28. The fraction of sp³-hybridized carbons (Fsp3) is 0.259. The summed E-state index contributed by atoms with van der Waals surface area (Å²) >= 11 is 17.9. The summed E-state index contributed by atoms with van der Waals surface area (Å²) < 4.78 is 14.3. The van der Waals surface area contributed by atoms with Gasteiger partial charge in [-0.05, 0) is 79.5 Å². The number of rotatable bonds is 4. The number of nitrogens with one attached hydrogen (secondary N) is 1. The summed E-state index contributed by atoms with van der Waals surface area (Å²) in [5.41, 5.74) is 2.89. The van der Waals surface area contributed by atoms with E-state index in [0.717, 1.165) is 54.3 Å². The van der Waals surface area contributed by atoms with Gasteiger partial charge in [0.1, 0.15) is 16.1 Å². The number of urea groups is 1. The van der Waals surface area contributed by atoms with E-state index >= 15 is 0 Å². The van der Waals surface area contributed by atoms with Crippen molar-refractivity contribution in [1.82, 2.24) is 9.88 Å². The summed E-state index contributed by atoms with van der Waals surface area (Å²) in [6.07, 6.45) is 5.89. The number of benzene rings is 2. The number of hydrogen-bond acceptors (Lipinski definition) is 3. The minimum absolute atomic E-state index is 0.190. The number of anilines is 2. The number of aromatic nitrogens is 1. The standard InChI is InChI=1S/C27H24Cl3FN4O/c28-19-5-3-18(4-6-19)2-1-11-34-12-9-27(10-13-34)17-35(23-8-7-20(31)14-22(23)27)26(36)32-21-15-24(29)33-25(30)16-21/h1-8,14-16H,9-13,17H2,(H,32,33,36)/b2-1+. The molecule has 2 amide bonds. The van der Waals surface area contributed by atoms with Crippen molar-refractivity contribution in [3.8, 4) is 0 Å². The zero-order valence-corrected chi connectivity index (χ0v) is 21.6. The second-order valence-electron chi connectivity index (χ2n) is 9.21. The lowest BCUT2D eigenvalue weighted by Crippen LogP contribution is -2.46. The van der Waals surface area contributed by atoms with Crippen LogP contribution >= 0.6 is 34.8 Å². The molecule has 36 heavy (non-hydrogen) atoms. The fourth-order valence-corrected chi connectivity index (χ4v) is 5.64. The molecule has 0 saturated carbocycles. The van der Waals surface area contributed by atoms with E-state index in [1.165, 1.54) is 6.07 Å². The summed E-state index contributed by atoms with van der Waals surface area (Å²) in [6, 6.07) is 15.2. The molecule has 3 aromatic rings. The second-order valence-corrected chi connectivity index (χ2v) is 10.4. The molecule has 5 rings (SSSR count). The van der Waals surface area contributed by atoms with Crippen LogP contribution in [0.1, 0.15) is 24.0 Å². The largest absolute Gasteiger partial charge is 0.326 e. The lowest BCUT2D eigenvalue weighted by atomic mass is 9.74. The first-order chi connectivity index (χ1) is 17.3. The van der Waals surface area contributed by atoms with Crippen molar-refractivity contribution < 1.29 is 9.18 Å². The number of amides is 2. The van der Waals surface area contributed by atoms with E-state index in [1.54, 1.807) is 29.2 Å². The molecule has 0 unspecified atom stereocenters.